The summed E-state index contributed by atoms with van der Waals surface area (Å²) in [6, 6.07) is 8.10. The van der Waals surface area contributed by atoms with Crippen LogP contribution >= 0.6 is 0 Å². The smallest absolute Gasteiger partial charge is 0.136 e. The highest BCUT2D eigenvalue weighted by atomic mass is 16.5. The maximum atomic E-state index is 9.12. The van der Waals surface area contributed by atoms with E-state index in [1.54, 1.807) is 7.11 Å². The van der Waals surface area contributed by atoms with Crippen molar-refractivity contribution in [3.05, 3.63) is 29.3 Å². The number of hydrogen-bond donors (Lipinski definition) is 0. The van der Waals surface area contributed by atoms with Crippen molar-refractivity contribution in [3.63, 3.8) is 0 Å². The van der Waals surface area contributed by atoms with E-state index in [9.17, 15) is 0 Å². The van der Waals surface area contributed by atoms with Gasteiger partial charge in [-0.3, -0.25) is 4.90 Å². The van der Waals surface area contributed by atoms with Crippen LogP contribution in [0.2, 0.25) is 0 Å². The van der Waals surface area contributed by atoms with E-state index >= 15 is 0 Å². The Morgan fingerprint density at radius 1 is 1.32 bits per heavy atom. The second-order valence-electron chi connectivity index (χ2n) is 5.79. The van der Waals surface area contributed by atoms with Crippen molar-refractivity contribution in [1.29, 1.82) is 5.26 Å². The Morgan fingerprint density at radius 3 is 2.58 bits per heavy atom. The molecule has 102 valence electrons. The van der Waals surface area contributed by atoms with Gasteiger partial charge in [0.25, 0.3) is 0 Å². The highest BCUT2D eigenvalue weighted by Crippen LogP contribution is 2.24. The topological polar surface area (TPSA) is 36.3 Å². The molecule has 0 saturated carbocycles. The quantitative estimate of drug-likeness (QED) is 0.836. The Balaban J connectivity index is 2.09. The molecular weight excluding hydrogens is 236 g/mol. The molecule has 1 aromatic carbocycles. The van der Waals surface area contributed by atoms with Crippen LogP contribution in [0.15, 0.2) is 18.2 Å². The van der Waals surface area contributed by atoms with Crippen LogP contribution in [-0.4, -0.2) is 25.1 Å². The van der Waals surface area contributed by atoms with Gasteiger partial charge in [-0.2, -0.15) is 5.26 Å². The van der Waals surface area contributed by atoms with Crippen molar-refractivity contribution in [2.75, 3.05) is 20.2 Å². The molecule has 2 unspecified atom stereocenters. The monoisotopic (exact) mass is 258 g/mol. The predicted octanol–water partition coefficient (Wildman–Crippen LogP) is 3.04. The lowest BCUT2D eigenvalue weighted by Gasteiger charge is -2.35. The number of rotatable bonds is 3. The zero-order valence-electron chi connectivity index (χ0n) is 12.0. The third kappa shape index (κ3) is 3.48. The lowest BCUT2D eigenvalue weighted by molar-refractivity contribution is 0.134. The van der Waals surface area contributed by atoms with Gasteiger partial charge in [0.15, 0.2) is 0 Å². The minimum absolute atomic E-state index is 0.623. The van der Waals surface area contributed by atoms with E-state index in [0.29, 0.717) is 11.3 Å². The number of piperidine rings is 1. The van der Waals surface area contributed by atoms with Crippen molar-refractivity contribution in [3.8, 4) is 11.8 Å². The van der Waals surface area contributed by atoms with Crippen LogP contribution in [0.1, 0.15) is 31.4 Å². The van der Waals surface area contributed by atoms with Gasteiger partial charge in [0.2, 0.25) is 0 Å². The number of benzene rings is 1. The second kappa shape index (κ2) is 6.08. The normalized spacial score (nSPS) is 23.9. The van der Waals surface area contributed by atoms with Crippen LogP contribution < -0.4 is 4.74 Å². The van der Waals surface area contributed by atoms with Crippen LogP contribution in [0.4, 0.5) is 0 Å². The van der Waals surface area contributed by atoms with Gasteiger partial charge in [0, 0.05) is 19.6 Å². The Hall–Kier alpha value is -1.53. The van der Waals surface area contributed by atoms with Crippen LogP contribution in [0.5, 0.6) is 5.75 Å². The molecular formula is C16H22N2O. The fourth-order valence-electron chi connectivity index (χ4n) is 3.12. The van der Waals surface area contributed by atoms with E-state index in [1.807, 2.05) is 12.1 Å². The largest absolute Gasteiger partial charge is 0.495 e. The summed E-state index contributed by atoms with van der Waals surface area (Å²) in [5.74, 6) is 2.18. The van der Waals surface area contributed by atoms with Crippen molar-refractivity contribution < 1.29 is 4.74 Å². The predicted molar refractivity (Wildman–Crippen MR) is 75.9 cm³/mol. The van der Waals surface area contributed by atoms with Gasteiger partial charge in [-0.15, -0.1) is 0 Å². The average Bonchev–Trinajstić information content (AvgIpc) is 2.37. The molecule has 0 amide bonds. The second-order valence-corrected chi connectivity index (χ2v) is 5.79. The van der Waals surface area contributed by atoms with Crippen molar-refractivity contribution in [2.45, 2.75) is 26.8 Å². The maximum Gasteiger partial charge on any atom is 0.136 e. The summed E-state index contributed by atoms with van der Waals surface area (Å²) in [5, 5.41) is 9.12. The highest BCUT2D eigenvalue weighted by Gasteiger charge is 2.21. The molecule has 0 spiro atoms. The van der Waals surface area contributed by atoms with Crippen LogP contribution in [0, 0.1) is 23.2 Å². The van der Waals surface area contributed by atoms with Gasteiger partial charge in [0.05, 0.1) is 12.7 Å². The van der Waals surface area contributed by atoms with Crippen LogP contribution in [0.3, 0.4) is 0 Å². The molecule has 19 heavy (non-hydrogen) atoms. The van der Waals surface area contributed by atoms with Crippen molar-refractivity contribution in [2.24, 2.45) is 11.8 Å². The molecule has 3 nitrogen and oxygen atoms in total. The summed E-state index contributed by atoms with van der Waals surface area (Å²) in [6.45, 7) is 7.86. The summed E-state index contributed by atoms with van der Waals surface area (Å²) in [4.78, 5) is 2.49. The molecule has 1 aliphatic rings. The first kappa shape index (κ1) is 13.9. The minimum atomic E-state index is 0.623. The standard InChI is InChI=1S/C16H22N2O/c1-12-6-13(2)10-18(9-12)11-14-4-5-16(19-3)15(7-14)8-17/h4-5,7,12-13H,6,9-11H2,1-3H3. The van der Waals surface area contributed by atoms with Gasteiger partial charge in [0.1, 0.15) is 11.8 Å². The minimum Gasteiger partial charge on any atom is -0.495 e. The van der Waals surface area contributed by atoms with Gasteiger partial charge < -0.3 is 4.74 Å². The Kier molecular flexibility index (Phi) is 4.44. The maximum absolute atomic E-state index is 9.12. The summed E-state index contributed by atoms with van der Waals surface area (Å²) < 4.78 is 5.18. The molecule has 0 aliphatic carbocycles. The fraction of sp³-hybridized carbons (Fsp3) is 0.562. The zero-order chi connectivity index (χ0) is 13.8. The van der Waals surface area contributed by atoms with Crippen molar-refractivity contribution >= 4 is 0 Å². The molecule has 1 aromatic rings. The summed E-state index contributed by atoms with van der Waals surface area (Å²) in [6.07, 6.45) is 1.32. The fourth-order valence-corrected chi connectivity index (χ4v) is 3.12. The van der Waals surface area contributed by atoms with Gasteiger partial charge in [-0.1, -0.05) is 19.9 Å². The van der Waals surface area contributed by atoms with E-state index in [4.69, 9.17) is 10.00 Å². The molecule has 3 heteroatoms. The summed E-state index contributed by atoms with van der Waals surface area (Å²) >= 11 is 0. The number of methoxy groups -OCH3 is 1. The number of hydrogen-bond acceptors (Lipinski definition) is 3. The molecule has 1 heterocycles. The Bertz CT molecular complexity index is 468. The number of nitriles is 1. The number of ether oxygens (including phenoxy) is 1. The summed E-state index contributed by atoms with van der Waals surface area (Å²) in [5.41, 5.74) is 1.82. The molecule has 1 aliphatic heterocycles. The van der Waals surface area contributed by atoms with Crippen LogP contribution in [-0.2, 0) is 6.54 Å². The third-order valence-electron chi connectivity index (χ3n) is 3.74. The first-order chi connectivity index (χ1) is 9.12. The van der Waals surface area contributed by atoms with E-state index in [0.717, 1.165) is 31.5 Å². The van der Waals surface area contributed by atoms with E-state index < -0.39 is 0 Å². The average molecular weight is 258 g/mol. The first-order valence-electron chi connectivity index (χ1n) is 6.91. The molecule has 1 saturated heterocycles. The Labute approximate surface area is 115 Å². The summed E-state index contributed by atoms with van der Waals surface area (Å²) in [7, 11) is 1.60. The third-order valence-corrected chi connectivity index (χ3v) is 3.74. The molecule has 0 aromatic heterocycles. The molecule has 1 fully saturated rings. The lowest BCUT2D eigenvalue weighted by Crippen LogP contribution is -2.38. The highest BCUT2D eigenvalue weighted by molar-refractivity contribution is 5.45. The number of nitrogens with zero attached hydrogens (tertiary/aromatic N) is 2. The zero-order valence-corrected chi connectivity index (χ0v) is 12.0. The van der Waals surface area contributed by atoms with E-state index in [2.05, 4.69) is 30.9 Å². The molecule has 0 N–H and O–H groups in total. The SMILES string of the molecule is COc1ccc(CN2CC(C)CC(C)C2)cc1C#N. The van der Waals surface area contributed by atoms with Gasteiger partial charge in [-0.25, -0.2) is 0 Å². The van der Waals surface area contributed by atoms with Gasteiger partial charge >= 0.3 is 0 Å². The molecule has 0 bridgehead atoms. The molecule has 2 rings (SSSR count). The molecule has 2 atom stereocenters. The molecule has 0 radical (unpaired) electrons. The lowest BCUT2D eigenvalue weighted by atomic mass is 9.91. The van der Waals surface area contributed by atoms with E-state index in [-0.39, 0.29) is 0 Å². The van der Waals surface area contributed by atoms with Crippen LogP contribution in [0.25, 0.3) is 0 Å². The first-order valence-corrected chi connectivity index (χ1v) is 6.91. The van der Waals surface area contributed by atoms with Crippen molar-refractivity contribution in [1.82, 2.24) is 4.90 Å². The number of likely N-dealkylation sites (tertiary alicyclic amines) is 1. The van der Waals surface area contributed by atoms with E-state index in [1.165, 1.54) is 12.0 Å². The van der Waals surface area contributed by atoms with Gasteiger partial charge in [-0.05, 0) is 36.0 Å². The Morgan fingerprint density at radius 2 is 2.00 bits per heavy atom.